The van der Waals surface area contributed by atoms with Gasteiger partial charge in [0.25, 0.3) is 0 Å². The summed E-state index contributed by atoms with van der Waals surface area (Å²) in [4.78, 5) is 8.67. The van der Waals surface area contributed by atoms with Crippen LogP contribution in [0.1, 0.15) is 11.3 Å². The molecule has 0 fully saturated rings. The highest BCUT2D eigenvalue weighted by atomic mass is 79.9. The highest BCUT2D eigenvalue weighted by Gasteiger charge is 2.04. The summed E-state index contributed by atoms with van der Waals surface area (Å²) in [6.45, 7) is 4.08. The van der Waals surface area contributed by atoms with Crippen LogP contribution in [-0.2, 0) is 0 Å². The molecule has 1 aromatic heterocycles. The fourth-order valence-corrected chi connectivity index (χ4v) is 2.68. The van der Waals surface area contributed by atoms with Crippen molar-refractivity contribution in [3.63, 3.8) is 0 Å². The zero-order valence-electron chi connectivity index (χ0n) is 10.8. The fourth-order valence-electron chi connectivity index (χ4n) is 2.20. The topological polar surface area (TPSA) is 25.8 Å². The first kappa shape index (κ1) is 12.3. The molecule has 3 aromatic rings. The van der Waals surface area contributed by atoms with Crippen LogP contribution in [0, 0.1) is 13.8 Å². The van der Waals surface area contributed by atoms with Gasteiger partial charge in [-0.3, -0.25) is 0 Å². The zero-order valence-corrected chi connectivity index (χ0v) is 12.4. The van der Waals surface area contributed by atoms with Gasteiger partial charge in [-0.25, -0.2) is 9.97 Å². The molecule has 0 spiro atoms. The lowest BCUT2D eigenvalue weighted by Gasteiger charge is -2.05. The molecule has 0 aliphatic rings. The molecule has 0 saturated heterocycles. The van der Waals surface area contributed by atoms with Crippen molar-refractivity contribution in [3.05, 3.63) is 58.5 Å². The largest absolute Gasteiger partial charge is 0.227 e. The van der Waals surface area contributed by atoms with Crippen LogP contribution in [0.2, 0.25) is 0 Å². The van der Waals surface area contributed by atoms with Gasteiger partial charge in [-0.15, -0.1) is 0 Å². The molecule has 2 nitrogen and oxygen atoms in total. The molecule has 0 saturated carbocycles. The third-order valence-corrected chi connectivity index (χ3v) is 3.47. The first-order valence-corrected chi connectivity index (χ1v) is 6.93. The lowest BCUT2D eigenvalue weighted by molar-refractivity contribution is 1.06. The van der Waals surface area contributed by atoms with Crippen LogP contribution in [-0.4, -0.2) is 9.97 Å². The number of aromatic nitrogens is 2. The molecule has 94 valence electrons. The monoisotopic (exact) mass is 312 g/mol. The predicted molar refractivity (Wildman–Crippen MR) is 82.1 cm³/mol. The molecule has 0 aliphatic carbocycles. The Labute approximate surface area is 120 Å². The lowest BCUT2D eigenvalue weighted by atomic mass is 10.0. The van der Waals surface area contributed by atoms with E-state index in [-0.39, 0.29) is 0 Å². The standard InChI is InChI=1S/C16H13BrN2/c1-10-3-4-13-9-14(6-5-12(13)7-10)15-8-11(2)18-16(17)19-15/h3-9H,1-2H3. The van der Waals surface area contributed by atoms with Gasteiger partial charge >= 0.3 is 0 Å². The van der Waals surface area contributed by atoms with E-state index in [0.717, 1.165) is 17.0 Å². The number of fused-ring (bicyclic) bond motifs is 1. The van der Waals surface area contributed by atoms with Gasteiger partial charge in [0.2, 0.25) is 0 Å². The van der Waals surface area contributed by atoms with Gasteiger partial charge in [0.15, 0.2) is 4.73 Å². The highest BCUT2D eigenvalue weighted by molar-refractivity contribution is 9.10. The molecule has 19 heavy (non-hydrogen) atoms. The zero-order chi connectivity index (χ0) is 13.4. The Balaban J connectivity index is 2.17. The van der Waals surface area contributed by atoms with Crippen molar-refractivity contribution in [3.8, 4) is 11.3 Å². The molecule has 0 amide bonds. The Morgan fingerprint density at radius 3 is 2.37 bits per heavy atom. The van der Waals surface area contributed by atoms with Crippen molar-refractivity contribution >= 4 is 26.7 Å². The van der Waals surface area contributed by atoms with Crippen molar-refractivity contribution in [2.24, 2.45) is 0 Å². The predicted octanol–water partition coefficient (Wildman–Crippen LogP) is 4.68. The van der Waals surface area contributed by atoms with Crippen molar-refractivity contribution in [2.45, 2.75) is 13.8 Å². The van der Waals surface area contributed by atoms with E-state index in [4.69, 9.17) is 0 Å². The highest BCUT2D eigenvalue weighted by Crippen LogP contribution is 2.25. The normalized spacial score (nSPS) is 10.9. The van der Waals surface area contributed by atoms with Gasteiger partial charge in [-0.05, 0) is 52.7 Å². The van der Waals surface area contributed by atoms with Crippen molar-refractivity contribution in [1.29, 1.82) is 0 Å². The second-order valence-corrected chi connectivity index (χ2v) is 5.44. The summed E-state index contributed by atoms with van der Waals surface area (Å²) in [7, 11) is 0. The smallest absolute Gasteiger partial charge is 0.197 e. The number of halogens is 1. The number of nitrogens with zero attached hydrogens (tertiary/aromatic N) is 2. The number of rotatable bonds is 1. The SMILES string of the molecule is Cc1ccc2cc(-c3cc(C)nc(Br)n3)ccc2c1. The van der Waals surface area contributed by atoms with E-state index in [1.165, 1.54) is 16.3 Å². The average Bonchev–Trinajstić information content (AvgIpc) is 2.37. The van der Waals surface area contributed by atoms with Gasteiger partial charge in [0, 0.05) is 11.3 Å². The molecule has 0 bridgehead atoms. The van der Waals surface area contributed by atoms with Crippen molar-refractivity contribution in [2.75, 3.05) is 0 Å². The first-order valence-electron chi connectivity index (χ1n) is 6.14. The number of aryl methyl sites for hydroxylation is 2. The summed E-state index contributed by atoms with van der Waals surface area (Å²) in [5.74, 6) is 0. The summed E-state index contributed by atoms with van der Waals surface area (Å²) in [5, 5.41) is 2.49. The minimum absolute atomic E-state index is 0.631. The molecular formula is C16H13BrN2. The summed E-state index contributed by atoms with van der Waals surface area (Å²) in [5.41, 5.74) is 4.30. The first-order chi connectivity index (χ1) is 9.11. The fraction of sp³-hybridized carbons (Fsp3) is 0.125. The molecule has 0 N–H and O–H groups in total. The van der Waals surface area contributed by atoms with E-state index in [1.54, 1.807) is 0 Å². The number of hydrogen-bond donors (Lipinski definition) is 0. The molecule has 0 atom stereocenters. The summed E-state index contributed by atoms with van der Waals surface area (Å²) in [6.07, 6.45) is 0. The molecular weight excluding hydrogens is 300 g/mol. The Morgan fingerprint density at radius 2 is 1.58 bits per heavy atom. The molecule has 1 heterocycles. The van der Waals surface area contributed by atoms with Crippen LogP contribution in [0.15, 0.2) is 47.2 Å². The number of benzene rings is 2. The van der Waals surface area contributed by atoms with Crippen molar-refractivity contribution < 1.29 is 0 Å². The van der Waals surface area contributed by atoms with E-state index < -0.39 is 0 Å². The van der Waals surface area contributed by atoms with E-state index >= 15 is 0 Å². The summed E-state index contributed by atoms with van der Waals surface area (Å²) < 4.78 is 0.631. The van der Waals surface area contributed by atoms with Gasteiger partial charge in [-0.1, -0.05) is 35.9 Å². The molecule has 3 rings (SSSR count). The Bertz CT molecular complexity index is 746. The molecule has 3 heteroatoms. The van der Waals surface area contributed by atoms with Crippen LogP contribution in [0.5, 0.6) is 0 Å². The Kier molecular flexibility index (Phi) is 3.07. The third-order valence-electron chi connectivity index (χ3n) is 3.12. The maximum absolute atomic E-state index is 4.43. The summed E-state index contributed by atoms with van der Waals surface area (Å²) >= 11 is 3.35. The van der Waals surface area contributed by atoms with Gasteiger partial charge in [-0.2, -0.15) is 0 Å². The second kappa shape index (κ2) is 4.74. The summed E-state index contributed by atoms with van der Waals surface area (Å²) in [6, 6.07) is 14.9. The van der Waals surface area contributed by atoms with Crippen LogP contribution in [0.25, 0.3) is 22.0 Å². The van der Waals surface area contributed by atoms with Gasteiger partial charge in [0.05, 0.1) is 5.69 Å². The van der Waals surface area contributed by atoms with Crippen LogP contribution in [0.4, 0.5) is 0 Å². The van der Waals surface area contributed by atoms with Crippen molar-refractivity contribution in [1.82, 2.24) is 9.97 Å². The minimum Gasteiger partial charge on any atom is -0.227 e. The molecule has 0 unspecified atom stereocenters. The Morgan fingerprint density at radius 1 is 0.842 bits per heavy atom. The number of hydrogen-bond acceptors (Lipinski definition) is 2. The molecule has 2 aromatic carbocycles. The molecule has 0 aliphatic heterocycles. The van der Waals surface area contributed by atoms with Gasteiger partial charge < -0.3 is 0 Å². The van der Waals surface area contributed by atoms with Crippen LogP contribution < -0.4 is 0 Å². The second-order valence-electron chi connectivity index (χ2n) is 4.73. The van der Waals surface area contributed by atoms with E-state index in [0.29, 0.717) is 4.73 Å². The quantitative estimate of drug-likeness (QED) is 0.610. The van der Waals surface area contributed by atoms with E-state index in [2.05, 4.69) is 69.2 Å². The average molecular weight is 313 g/mol. The minimum atomic E-state index is 0.631. The Hall–Kier alpha value is -1.74. The maximum Gasteiger partial charge on any atom is 0.197 e. The third kappa shape index (κ3) is 2.51. The van der Waals surface area contributed by atoms with Crippen LogP contribution >= 0.6 is 15.9 Å². The van der Waals surface area contributed by atoms with E-state index in [1.807, 2.05) is 13.0 Å². The van der Waals surface area contributed by atoms with E-state index in [9.17, 15) is 0 Å². The maximum atomic E-state index is 4.43. The lowest BCUT2D eigenvalue weighted by Crippen LogP contribution is -1.91. The molecule has 0 radical (unpaired) electrons. The van der Waals surface area contributed by atoms with Crippen LogP contribution in [0.3, 0.4) is 0 Å². The van der Waals surface area contributed by atoms with Gasteiger partial charge in [0.1, 0.15) is 0 Å².